The second-order valence-electron chi connectivity index (χ2n) is 7.73. The Kier molecular flexibility index (Phi) is 7.70. The Bertz CT molecular complexity index is 1230. The van der Waals surface area contributed by atoms with E-state index in [1.54, 1.807) is 30.9 Å². The predicted octanol–water partition coefficient (Wildman–Crippen LogP) is 5.24. The summed E-state index contributed by atoms with van der Waals surface area (Å²) in [5.41, 5.74) is 11.7. The number of anilines is 4. The minimum atomic E-state index is 0.412. The van der Waals surface area contributed by atoms with E-state index in [1.807, 2.05) is 50.2 Å². The number of pyridine rings is 2. The second-order valence-corrected chi connectivity index (χ2v) is 7.73. The van der Waals surface area contributed by atoms with Crippen molar-refractivity contribution in [2.75, 3.05) is 16.2 Å². The number of hydrogen-bond donors (Lipinski definition) is 3. The van der Waals surface area contributed by atoms with E-state index in [2.05, 4.69) is 65.4 Å². The number of aryl methyl sites for hydroxylation is 1. The highest BCUT2D eigenvalue weighted by Crippen LogP contribution is 2.19. The molecule has 0 radical (unpaired) electrons. The Hall–Kier alpha value is -4.66. The van der Waals surface area contributed by atoms with E-state index in [-0.39, 0.29) is 0 Å². The molecule has 3 heterocycles. The predicted molar refractivity (Wildman–Crippen MR) is 141 cm³/mol. The van der Waals surface area contributed by atoms with Crippen LogP contribution in [-0.2, 0) is 6.42 Å². The third kappa shape index (κ3) is 6.67. The number of nitrogens with one attached hydrogen (secondary N) is 3. The number of nitrogens with zero attached hydrogens (tertiary/aromatic N) is 6. The molecule has 0 atom stereocenters. The first kappa shape index (κ1) is 23.5. The van der Waals surface area contributed by atoms with Gasteiger partial charge < -0.3 is 5.32 Å². The van der Waals surface area contributed by atoms with Gasteiger partial charge in [-0.25, -0.2) is 0 Å². The van der Waals surface area contributed by atoms with Crippen molar-refractivity contribution in [3.05, 3.63) is 96.1 Å². The molecule has 9 heteroatoms. The van der Waals surface area contributed by atoms with Gasteiger partial charge in [0.05, 0.1) is 11.4 Å². The molecule has 0 saturated heterocycles. The van der Waals surface area contributed by atoms with Crippen LogP contribution >= 0.6 is 0 Å². The fourth-order valence-corrected chi connectivity index (χ4v) is 3.17. The lowest BCUT2D eigenvalue weighted by molar-refractivity contribution is 1.11. The Balaban J connectivity index is 1.59. The molecule has 0 aliphatic rings. The van der Waals surface area contributed by atoms with Gasteiger partial charge in [0.25, 0.3) is 0 Å². The van der Waals surface area contributed by atoms with Crippen LogP contribution in [0.1, 0.15) is 37.5 Å². The van der Waals surface area contributed by atoms with E-state index < -0.39 is 0 Å². The van der Waals surface area contributed by atoms with E-state index in [0.29, 0.717) is 17.6 Å². The number of hydrazone groups is 2. The summed E-state index contributed by atoms with van der Waals surface area (Å²) in [4.78, 5) is 17.2. The monoisotopic (exact) mass is 465 g/mol. The molecule has 0 aliphatic heterocycles. The lowest BCUT2D eigenvalue weighted by Crippen LogP contribution is -2.06. The maximum absolute atomic E-state index is 4.57. The molecule has 4 rings (SSSR count). The van der Waals surface area contributed by atoms with E-state index in [4.69, 9.17) is 0 Å². The zero-order valence-electron chi connectivity index (χ0n) is 19.9. The highest BCUT2D eigenvalue weighted by Gasteiger charge is 2.07. The van der Waals surface area contributed by atoms with Gasteiger partial charge in [-0.1, -0.05) is 19.1 Å². The first-order chi connectivity index (χ1) is 17.1. The van der Waals surface area contributed by atoms with Crippen LogP contribution in [0.15, 0.2) is 89.6 Å². The van der Waals surface area contributed by atoms with Crippen LogP contribution < -0.4 is 16.2 Å². The standard InChI is InChI=1S/C26H27N9/c1-4-20-5-7-23(8-6-20)29-26-30-24(34-32-18(2)21-9-13-27-14-10-21)17-25(31-26)35-33-19(3)22-11-15-28-16-12-22/h5-17H,4H2,1-3H3,(H3,29,30,31,34,35). The van der Waals surface area contributed by atoms with Gasteiger partial charge in [0.15, 0.2) is 11.6 Å². The van der Waals surface area contributed by atoms with Crippen molar-refractivity contribution in [3.63, 3.8) is 0 Å². The summed E-state index contributed by atoms with van der Waals surface area (Å²) in [5.74, 6) is 1.44. The normalized spacial score (nSPS) is 11.7. The maximum atomic E-state index is 4.57. The SMILES string of the molecule is CCc1ccc(Nc2nc(NN=C(C)c3ccncc3)cc(NN=C(C)c3ccncc3)n2)cc1. The first-order valence-corrected chi connectivity index (χ1v) is 11.3. The third-order valence-corrected chi connectivity index (χ3v) is 5.22. The molecule has 35 heavy (non-hydrogen) atoms. The smallest absolute Gasteiger partial charge is 0.231 e. The molecule has 0 fully saturated rings. The van der Waals surface area contributed by atoms with Crippen LogP contribution in [0.4, 0.5) is 23.3 Å². The molecule has 3 aromatic heterocycles. The van der Waals surface area contributed by atoms with E-state index in [0.717, 1.165) is 34.7 Å². The molecule has 4 aromatic rings. The van der Waals surface area contributed by atoms with Crippen LogP contribution in [-0.4, -0.2) is 31.4 Å². The van der Waals surface area contributed by atoms with E-state index >= 15 is 0 Å². The van der Waals surface area contributed by atoms with Crippen molar-refractivity contribution in [1.82, 2.24) is 19.9 Å². The average molecular weight is 466 g/mol. The van der Waals surface area contributed by atoms with Crippen LogP contribution in [0.25, 0.3) is 0 Å². The lowest BCUT2D eigenvalue weighted by Gasteiger charge is -2.11. The van der Waals surface area contributed by atoms with Crippen LogP contribution in [0.2, 0.25) is 0 Å². The average Bonchev–Trinajstić information content (AvgIpc) is 2.91. The molecule has 176 valence electrons. The summed E-state index contributed by atoms with van der Waals surface area (Å²) in [6, 6.07) is 17.5. The summed E-state index contributed by atoms with van der Waals surface area (Å²) >= 11 is 0. The van der Waals surface area contributed by atoms with Crippen molar-refractivity contribution in [2.45, 2.75) is 27.2 Å². The number of rotatable bonds is 9. The summed E-state index contributed by atoms with van der Waals surface area (Å²) in [7, 11) is 0. The summed E-state index contributed by atoms with van der Waals surface area (Å²) < 4.78 is 0. The summed E-state index contributed by atoms with van der Waals surface area (Å²) in [6.45, 7) is 5.96. The molecule has 0 bridgehead atoms. The number of aromatic nitrogens is 4. The molecule has 0 aliphatic carbocycles. The van der Waals surface area contributed by atoms with Crippen molar-refractivity contribution in [3.8, 4) is 0 Å². The lowest BCUT2D eigenvalue weighted by atomic mass is 10.1. The van der Waals surface area contributed by atoms with Crippen molar-refractivity contribution >= 4 is 34.7 Å². The van der Waals surface area contributed by atoms with Crippen molar-refractivity contribution < 1.29 is 0 Å². The molecule has 1 aromatic carbocycles. The Labute approximate surface area is 204 Å². The number of benzene rings is 1. The largest absolute Gasteiger partial charge is 0.324 e. The fourth-order valence-electron chi connectivity index (χ4n) is 3.17. The molecule has 0 saturated carbocycles. The molecule has 0 spiro atoms. The van der Waals surface area contributed by atoms with Crippen LogP contribution in [0, 0.1) is 0 Å². The van der Waals surface area contributed by atoms with Gasteiger partial charge in [-0.15, -0.1) is 0 Å². The Morgan fingerprint density at radius 3 is 1.66 bits per heavy atom. The van der Waals surface area contributed by atoms with E-state index in [1.165, 1.54) is 5.56 Å². The highest BCUT2D eigenvalue weighted by atomic mass is 15.4. The molecular weight excluding hydrogens is 438 g/mol. The molecule has 0 amide bonds. The van der Waals surface area contributed by atoms with Gasteiger partial charge >= 0.3 is 0 Å². The third-order valence-electron chi connectivity index (χ3n) is 5.22. The summed E-state index contributed by atoms with van der Waals surface area (Å²) in [5, 5.41) is 12.2. The minimum Gasteiger partial charge on any atom is -0.324 e. The van der Waals surface area contributed by atoms with Gasteiger partial charge in [-0.2, -0.15) is 20.2 Å². The van der Waals surface area contributed by atoms with E-state index in [9.17, 15) is 0 Å². The van der Waals surface area contributed by atoms with Gasteiger partial charge in [-0.05, 0) is 62.2 Å². The molecule has 3 N–H and O–H groups in total. The number of hydrogen-bond acceptors (Lipinski definition) is 9. The summed E-state index contributed by atoms with van der Waals surface area (Å²) in [6.07, 6.45) is 7.91. The second kappa shape index (κ2) is 11.5. The van der Waals surface area contributed by atoms with Crippen LogP contribution in [0.5, 0.6) is 0 Å². The quantitative estimate of drug-likeness (QED) is 0.229. The molecule has 9 nitrogen and oxygen atoms in total. The van der Waals surface area contributed by atoms with Gasteiger partial charge in [0.1, 0.15) is 0 Å². The van der Waals surface area contributed by atoms with Gasteiger partial charge in [0, 0.05) is 47.7 Å². The molecule has 0 unspecified atom stereocenters. The zero-order valence-corrected chi connectivity index (χ0v) is 19.9. The minimum absolute atomic E-state index is 0.412. The van der Waals surface area contributed by atoms with Gasteiger partial charge in [0.2, 0.25) is 5.95 Å². The van der Waals surface area contributed by atoms with Crippen molar-refractivity contribution in [2.24, 2.45) is 10.2 Å². The fraction of sp³-hybridized carbons (Fsp3) is 0.154. The Morgan fingerprint density at radius 2 is 1.20 bits per heavy atom. The Morgan fingerprint density at radius 1 is 0.714 bits per heavy atom. The topological polar surface area (TPSA) is 112 Å². The van der Waals surface area contributed by atoms with Crippen LogP contribution in [0.3, 0.4) is 0 Å². The first-order valence-electron chi connectivity index (χ1n) is 11.3. The van der Waals surface area contributed by atoms with Gasteiger partial charge in [-0.3, -0.25) is 20.8 Å². The highest BCUT2D eigenvalue weighted by molar-refractivity contribution is 5.99. The maximum Gasteiger partial charge on any atom is 0.231 e. The van der Waals surface area contributed by atoms with Crippen molar-refractivity contribution in [1.29, 1.82) is 0 Å². The molecular formula is C26H27N9. The zero-order chi connectivity index (χ0) is 24.5.